The van der Waals surface area contributed by atoms with Gasteiger partial charge >= 0.3 is 0 Å². The van der Waals surface area contributed by atoms with Gasteiger partial charge in [0.2, 0.25) is 5.96 Å². The second kappa shape index (κ2) is 7.14. The standard InChI is InChI=1S/C14H21FN6/c1-20-4-6-21(7-5-20)10-12-8-13(15)3-2-11(12)9-18-19-14(16)17/h2-3,8-9H,4-7,10H2,1H3,(H4,16,17,19). The van der Waals surface area contributed by atoms with Gasteiger partial charge < -0.3 is 16.4 Å². The molecule has 1 aromatic rings. The molecule has 0 radical (unpaired) electrons. The fraction of sp³-hybridized carbons (Fsp3) is 0.429. The molecule has 2 rings (SSSR count). The molecule has 0 aromatic heterocycles. The van der Waals surface area contributed by atoms with Gasteiger partial charge in [0, 0.05) is 32.7 Å². The summed E-state index contributed by atoms with van der Waals surface area (Å²) in [5.41, 5.74) is 12.1. The van der Waals surface area contributed by atoms with Crippen LogP contribution in [0.15, 0.2) is 28.4 Å². The fourth-order valence-corrected chi connectivity index (χ4v) is 2.24. The van der Waals surface area contributed by atoms with Crippen LogP contribution in [0.3, 0.4) is 0 Å². The first-order valence-corrected chi connectivity index (χ1v) is 6.86. The van der Waals surface area contributed by atoms with Gasteiger partial charge in [0.05, 0.1) is 6.21 Å². The summed E-state index contributed by atoms with van der Waals surface area (Å²) in [5, 5.41) is 7.37. The zero-order chi connectivity index (χ0) is 15.2. The van der Waals surface area contributed by atoms with Crippen molar-refractivity contribution in [2.75, 3.05) is 33.2 Å². The van der Waals surface area contributed by atoms with Crippen LogP contribution in [0.2, 0.25) is 0 Å². The van der Waals surface area contributed by atoms with Gasteiger partial charge in [-0.05, 0) is 30.3 Å². The van der Waals surface area contributed by atoms with E-state index in [9.17, 15) is 4.39 Å². The fourth-order valence-electron chi connectivity index (χ4n) is 2.24. The zero-order valence-electron chi connectivity index (χ0n) is 12.2. The Labute approximate surface area is 123 Å². The molecule has 0 saturated carbocycles. The quantitative estimate of drug-likeness (QED) is 0.471. The molecule has 0 atom stereocenters. The number of nitrogens with two attached hydrogens (primary N) is 2. The van der Waals surface area contributed by atoms with Crippen molar-refractivity contribution in [3.63, 3.8) is 0 Å². The van der Waals surface area contributed by atoms with Crippen molar-refractivity contribution in [1.29, 1.82) is 0 Å². The molecule has 0 unspecified atom stereocenters. The topological polar surface area (TPSA) is 83.2 Å². The summed E-state index contributed by atoms with van der Waals surface area (Å²) < 4.78 is 13.5. The maximum atomic E-state index is 13.5. The minimum atomic E-state index is -0.252. The number of hydrogen-bond acceptors (Lipinski definition) is 4. The Hall–Kier alpha value is -1.99. The highest BCUT2D eigenvalue weighted by atomic mass is 19.1. The number of nitrogens with zero attached hydrogens (tertiary/aromatic N) is 4. The van der Waals surface area contributed by atoms with E-state index in [1.807, 2.05) is 0 Å². The predicted molar refractivity (Wildman–Crippen MR) is 82.6 cm³/mol. The molecule has 7 heteroatoms. The van der Waals surface area contributed by atoms with Gasteiger partial charge in [-0.25, -0.2) is 4.39 Å². The van der Waals surface area contributed by atoms with Crippen LogP contribution in [-0.4, -0.2) is 55.2 Å². The summed E-state index contributed by atoms with van der Waals surface area (Å²) >= 11 is 0. The zero-order valence-corrected chi connectivity index (χ0v) is 12.2. The molecule has 114 valence electrons. The number of likely N-dealkylation sites (N-methyl/N-ethyl adjacent to an activating group) is 1. The highest BCUT2D eigenvalue weighted by molar-refractivity contribution is 5.83. The number of rotatable bonds is 4. The first-order valence-electron chi connectivity index (χ1n) is 6.86. The number of hydrogen-bond donors (Lipinski definition) is 2. The van der Waals surface area contributed by atoms with Gasteiger partial charge in [0.25, 0.3) is 0 Å². The van der Waals surface area contributed by atoms with Crippen LogP contribution in [0, 0.1) is 5.82 Å². The van der Waals surface area contributed by atoms with Crippen LogP contribution in [0.4, 0.5) is 4.39 Å². The summed E-state index contributed by atoms with van der Waals surface area (Å²) in [5.74, 6) is -0.355. The van der Waals surface area contributed by atoms with E-state index < -0.39 is 0 Å². The van der Waals surface area contributed by atoms with Crippen molar-refractivity contribution in [3.8, 4) is 0 Å². The SMILES string of the molecule is CN1CCN(Cc2cc(F)ccc2C=NN=C(N)N)CC1. The Morgan fingerprint density at radius 2 is 2.00 bits per heavy atom. The van der Waals surface area contributed by atoms with Crippen molar-refractivity contribution in [3.05, 3.63) is 35.1 Å². The van der Waals surface area contributed by atoms with E-state index in [2.05, 4.69) is 27.1 Å². The summed E-state index contributed by atoms with van der Waals surface area (Å²) in [4.78, 5) is 4.58. The Balaban J connectivity index is 2.11. The summed E-state index contributed by atoms with van der Waals surface area (Å²) in [6, 6.07) is 4.63. The van der Waals surface area contributed by atoms with Gasteiger partial charge in [0.15, 0.2) is 0 Å². The molecule has 0 spiro atoms. The average Bonchev–Trinajstić information content (AvgIpc) is 2.43. The minimum Gasteiger partial charge on any atom is -0.369 e. The lowest BCUT2D eigenvalue weighted by atomic mass is 10.1. The van der Waals surface area contributed by atoms with Crippen LogP contribution in [0.1, 0.15) is 11.1 Å². The molecule has 1 aliphatic rings. The van der Waals surface area contributed by atoms with Crippen molar-refractivity contribution in [1.82, 2.24) is 9.80 Å². The molecule has 1 fully saturated rings. The van der Waals surface area contributed by atoms with Crippen molar-refractivity contribution in [2.45, 2.75) is 6.54 Å². The molecule has 21 heavy (non-hydrogen) atoms. The smallest absolute Gasteiger partial charge is 0.211 e. The molecule has 6 nitrogen and oxygen atoms in total. The van der Waals surface area contributed by atoms with E-state index in [4.69, 9.17) is 11.5 Å². The lowest BCUT2D eigenvalue weighted by molar-refractivity contribution is 0.148. The molecule has 1 heterocycles. The molecular formula is C14H21FN6. The van der Waals surface area contributed by atoms with Crippen LogP contribution in [0.5, 0.6) is 0 Å². The molecule has 0 aliphatic carbocycles. The van der Waals surface area contributed by atoms with Crippen LogP contribution >= 0.6 is 0 Å². The Morgan fingerprint density at radius 1 is 1.29 bits per heavy atom. The largest absolute Gasteiger partial charge is 0.369 e. The first-order chi connectivity index (χ1) is 10.0. The first kappa shape index (κ1) is 15.4. The maximum absolute atomic E-state index is 13.5. The summed E-state index contributed by atoms with van der Waals surface area (Å²) in [6.45, 7) is 4.67. The van der Waals surface area contributed by atoms with E-state index in [1.165, 1.54) is 12.1 Å². The molecule has 1 aromatic carbocycles. The highest BCUT2D eigenvalue weighted by Gasteiger charge is 2.15. The Kier molecular flexibility index (Phi) is 5.24. The number of halogens is 1. The Morgan fingerprint density at radius 3 is 2.67 bits per heavy atom. The third kappa shape index (κ3) is 4.80. The summed E-state index contributed by atoms with van der Waals surface area (Å²) in [7, 11) is 2.10. The second-order valence-electron chi connectivity index (χ2n) is 5.19. The second-order valence-corrected chi connectivity index (χ2v) is 5.19. The lowest BCUT2D eigenvalue weighted by Gasteiger charge is -2.32. The average molecular weight is 292 g/mol. The van der Waals surface area contributed by atoms with E-state index in [0.717, 1.165) is 37.3 Å². The van der Waals surface area contributed by atoms with Crippen molar-refractivity contribution < 1.29 is 4.39 Å². The minimum absolute atomic E-state index is 0.103. The molecule has 0 amide bonds. The van der Waals surface area contributed by atoms with Gasteiger partial charge in [0.1, 0.15) is 5.82 Å². The van der Waals surface area contributed by atoms with Gasteiger partial charge in [-0.3, -0.25) is 4.90 Å². The van der Waals surface area contributed by atoms with Gasteiger partial charge in [-0.15, -0.1) is 5.10 Å². The third-order valence-corrected chi connectivity index (χ3v) is 3.46. The molecular weight excluding hydrogens is 271 g/mol. The lowest BCUT2D eigenvalue weighted by Crippen LogP contribution is -2.44. The molecule has 1 saturated heterocycles. The normalized spacial score (nSPS) is 17.2. The summed E-state index contributed by atoms with van der Waals surface area (Å²) in [6.07, 6.45) is 1.55. The van der Waals surface area contributed by atoms with Crippen molar-refractivity contribution in [2.24, 2.45) is 21.7 Å². The van der Waals surface area contributed by atoms with E-state index in [1.54, 1.807) is 12.3 Å². The molecule has 1 aliphatic heterocycles. The van der Waals surface area contributed by atoms with Gasteiger partial charge in [-0.2, -0.15) is 5.10 Å². The monoisotopic (exact) mass is 292 g/mol. The van der Waals surface area contributed by atoms with Crippen LogP contribution in [0.25, 0.3) is 0 Å². The number of piperazine rings is 1. The van der Waals surface area contributed by atoms with Crippen LogP contribution < -0.4 is 11.5 Å². The third-order valence-electron chi connectivity index (χ3n) is 3.46. The number of guanidine groups is 1. The van der Waals surface area contributed by atoms with Crippen LogP contribution in [-0.2, 0) is 6.54 Å². The Bertz CT molecular complexity index is 530. The van der Waals surface area contributed by atoms with E-state index >= 15 is 0 Å². The number of benzene rings is 1. The predicted octanol–water partition coefficient (Wildman–Crippen LogP) is 0.180. The molecule has 0 bridgehead atoms. The van der Waals surface area contributed by atoms with Gasteiger partial charge in [-0.1, -0.05) is 6.07 Å². The van der Waals surface area contributed by atoms with Crippen molar-refractivity contribution >= 4 is 12.2 Å². The molecule has 4 N–H and O–H groups in total. The maximum Gasteiger partial charge on any atom is 0.211 e. The van der Waals surface area contributed by atoms with E-state index in [-0.39, 0.29) is 11.8 Å². The highest BCUT2D eigenvalue weighted by Crippen LogP contribution is 2.14. The van der Waals surface area contributed by atoms with E-state index in [0.29, 0.717) is 6.54 Å².